The molecule has 9 heteroatoms. The second-order valence-corrected chi connectivity index (χ2v) is 6.07. The van der Waals surface area contributed by atoms with Gasteiger partial charge in [0.1, 0.15) is 5.69 Å². The Morgan fingerprint density at radius 3 is 2.80 bits per heavy atom. The zero-order valence-electron chi connectivity index (χ0n) is 13.4. The summed E-state index contributed by atoms with van der Waals surface area (Å²) in [6.07, 6.45) is 5.00. The highest BCUT2D eigenvalue weighted by Gasteiger charge is 2.16. The van der Waals surface area contributed by atoms with Gasteiger partial charge in [0.25, 0.3) is 0 Å². The molecule has 0 aliphatic carbocycles. The lowest BCUT2D eigenvalue weighted by molar-refractivity contribution is 0.380. The van der Waals surface area contributed by atoms with Gasteiger partial charge in [-0.05, 0) is 19.1 Å². The standard InChI is InChI=1S/C16H13FN6OS/c1-9-13(23-5-3-4-11(17)14(23)20-9)12-8-25-16(22-12)21-10-6-18-15(24-2)19-7-10/h3-8H,1-2H3,(H,21,22). The van der Waals surface area contributed by atoms with Gasteiger partial charge in [0.15, 0.2) is 16.6 Å². The van der Waals surface area contributed by atoms with E-state index >= 15 is 0 Å². The molecule has 25 heavy (non-hydrogen) atoms. The number of nitrogens with zero attached hydrogens (tertiary/aromatic N) is 5. The third-order valence-corrected chi connectivity index (χ3v) is 4.34. The maximum Gasteiger partial charge on any atom is 0.316 e. The van der Waals surface area contributed by atoms with Gasteiger partial charge in [0.05, 0.1) is 36.6 Å². The van der Waals surface area contributed by atoms with E-state index in [2.05, 4.69) is 25.3 Å². The number of hydrogen-bond donors (Lipinski definition) is 1. The molecule has 0 aromatic carbocycles. The van der Waals surface area contributed by atoms with Crippen LogP contribution >= 0.6 is 11.3 Å². The van der Waals surface area contributed by atoms with Crippen molar-refractivity contribution in [2.75, 3.05) is 12.4 Å². The van der Waals surface area contributed by atoms with Crippen LogP contribution in [0.5, 0.6) is 6.01 Å². The molecule has 4 aromatic heterocycles. The highest BCUT2D eigenvalue weighted by atomic mass is 32.1. The largest absolute Gasteiger partial charge is 0.467 e. The summed E-state index contributed by atoms with van der Waals surface area (Å²) in [6.45, 7) is 1.84. The fourth-order valence-electron chi connectivity index (χ4n) is 2.51. The fraction of sp³-hybridized carbons (Fsp3) is 0.125. The minimum absolute atomic E-state index is 0.293. The number of anilines is 2. The monoisotopic (exact) mass is 356 g/mol. The Morgan fingerprint density at radius 1 is 1.24 bits per heavy atom. The molecule has 7 nitrogen and oxygen atoms in total. The van der Waals surface area contributed by atoms with Crippen LogP contribution in [0.2, 0.25) is 0 Å². The van der Waals surface area contributed by atoms with E-state index < -0.39 is 0 Å². The predicted octanol–water partition coefficient (Wildman–Crippen LogP) is 3.45. The number of imidazole rings is 1. The van der Waals surface area contributed by atoms with Crippen molar-refractivity contribution in [3.63, 3.8) is 0 Å². The molecule has 4 rings (SSSR count). The normalized spacial score (nSPS) is 11.0. The fourth-order valence-corrected chi connectivity index (χ4v) is 3.22. The third-order valence-electron chi connectivity index (χ3n) is 3.59. The van der Waals surface area contributed by atoms with Gasteiger partial charge in [-0.2, -0.15) is 0 Å². The number of aromatic nitrogens is 5. The Kier molecular flexibility index (Phi) is 3.77. The molecule has 0 fully saturated rings. The van der Waals surface area contributed by atoms with Crippen molar-refractivity contribution >= 4 is 27.8 Å². The van der Waals surface area contributed by atoms with E-state index in [0.717, 1.165) is 17.1 Å². The summed E-state index contributed by atoms with van der Waals surface area (Å²) in [5.41, 5.74) is 3.20. The molecular formula is C16H13FN6OS. The van der Waals surface area contributed by atoms with Crippen molar-refractivity contribution in [1.82, 2.24) is 24.3 Å². The first-order valence-corrected chi connectivity index (χ1v) is 8.26. The number of fused-ring (bicyclic) bond motifs is 1. The predicted molar refractivity (Wildman–Crippen MR) is 92.9 cm³/mol. The Hall–Kier alpha value is -3.07. The lowest BCUT2D eigenvalue weighted by atomic mass is 10.3. The lowest BCUT2D eigenvalue weighted by Gasteiger charge is -2.02. The molecule has 4 aromatic rings. The third kappa shape index (κ3) is 2.78. The molecule has 1 N–H and O–H groups in total. The van der Waals surface area contributed by atoms with Crippen molar-refractivity contribution in [2.45, 2.75) is 6.92 Å². The van der Waals surface area contributed by atoms with Gasteiger partial charge in [0.2, 0.25) is 0 Å². The molecule has 0 saturated heterocycles. The Bertz CT molecular complexity index is 1040. The summed E-state index contributed by atoms with van der Waals surface area (Å²) in [4.78, 5) is 16.9. The molecule has 4 heterocycles. The molecule has 126 valence electrons. The summed E-state index contributed by atoms with van der Waals surface area (Å²) >= 11 is 1.43. The lowest BCUT2D eigenvalue weighted by Crippen LogP contribution is -1.95. The number of aryl methyl sites for hydroxylation is 1. The van der Waals surface area contributed by atoms with Crippen molar-refractivity contribution in [3.8, 4) is 17.4 Å². The van der Waals surface area contributed by atoms with Crippen molar-refractivity contribution in [1.29, 1.82) is 0 Å². The maximum absolute atomic E-state index is 13.9. The number of nitrogens with one attached hydrogen (secondary N) is 1. The molecule has 0 spiro atoms. The van der Waals surface area contributed by atoms with Crippen LogP contribution in [0.4, 0.5) is 15.2 Å². The average molecular weight is 356 g/mol. The summed E-state index contributed by atoms with van der Waals surface area (Å²) in [5.74, 6) is -0.360. The Balaban J connectivity index is 1.67. The van der Waals surface area contributed by atoms with Crippen molar-refractivity contribution < 1.29 is 9.13 Å². The van der Waals surface area contributed by atoms with Gasteiger partial charge in [-0.25, -0.2) is 24.3 Å². The van der Waals surface area contributed by atoms with Crippen LogP contribution < -0.4 is 10.1 Å². The number of halogens is 1. The first kappa shape index (κ1) is 15.5. The number of ether oxygens (including phenoxy) is 1. The van der Waals surface area contributed by atoms with Crippen molar-refractivity contribution in [2.24, 2.45) is 0 Å². The molecular weight excluding hydrogens is 343 g/mol. The van der Waals surface area contributed by atoms with Crippen LogP contribution in [0.15, 0.2) is 36.1 Å². The first-order valence-electron chi connectivity index (χ1n) is 7.38. The molecule has 0 radical (unpaired) electrons. The summed E-state index contributed by atoms with van der Waals surface area (Å²) in [5, 5.41) is 5.71. The number of methoxy groups -OCH3 is 1. The van der Waals surface area contributed by atoms with Gasteiger partial charge in [-0.1, -0.05) is 0 Å². The summed E-state index contributed by atoms with van der Waals surface area (Å²) in [6, 6.07) is 3.34. The van der Waals surface area contributed by atoms with Crippen LogP contribution in [0, 0.1) is 12.7 Å². The quantitative estimate of drug-likeness (QED) is 0.603. The van der Waals surface area contributed by atoms with E-state index in [1.54, 1.807) is 29.1 Å². The van der Waals surface area contributed by atoms with Crippen molar-refractivity contribution in [3.05, 3.63) is 47.6 Å². The van der Waals surface area contributed by atoms with Gasteiger partial charge in [0, 0.05) is 11.6 Å². The molecule has 0 aliphatic rings. The van der Waals surface area contributed by atoms with E-state index in [9.17, 15) is 4.39 Å². The van der Waals surface area contributed by atoms with E-state index in [0.29, 0.717) is 22.5 Å². The molecule has 0 aliphatic heterocycles. The minimum atomic E-state index is -0.360. The average Bonchev–Trinajstić information content (AvgIpc) is 3.20. The second kappa shape index (κ2) is 6.10. The number of pyridine rings is 1. The van der Waals surface area contributed by atoms with Gasteiger partial charge >= 0.3 is 6.01 Å². The van der Waals surface area contributed by atoms with Crippen LogP contribution in [-0.4, -0.2) is 31.4 Å². The first-order chi connectivity index (χ1) is 12.2. The SMILES string of the molecule is COc1ncc(Nc2nc(-c3c(C)nc4c(F)cccn34)cs2)cn1. The molecule has 0 bridgehead atoms. The van der Waals surface area contributed by atoms with Crippen LogP contribution in [-0.2, 0) is 0 Å². The minimum Gasteiger partial charge on any atom is -0.467 e. The van der Waals surface area contributed by atoms with Gasteiger partial charge in [-0.15, -0.1) is 11.3 Å². The van der Waals surface area contributed by atoms with Gasteiger partial charge in [-0.3, -0.25) is 4.40 Å². The highest BCUT2D eigenvalue weighted by Crippen LogP contribution is 2.30. The van der Waals surface area contributed by atoms with Crippen LogP contribution in [0.25, 0.3) is 17.0 Å². The molecule has 0 unspecified atom stereocenters. The molecule has 0 atom stereocenters. The van der Waals surface area contributed by atoms with E-state index in [1.165, 1.54) is 24.5 Å². The summed E-state index contributed by atoms with van der Waals surface area (Å²) < 4.78 is 20.6. The van der Waals surface area contributed by atoms with E-state index in [-0.39, 0.29) is 5.82 Å². The highest BCUT2D eigenvalue weighted by molar-refractivity contribution is 7.14. The smallest absolute Gasteiger partial charge is 0.316 e. The van der Waals surface area contributed by atoms with Crippen LogP contribution in [0.1, 0.15) is 5.69 Å². The Labute approximate surface area is 146 Å². The van der Waals surface area contributed by atoms with E-state index in [1.807, 2.05) is 12.3 Å². The topological polar surface area (TPSA) is 77.2 Å². The Morgan fingerprint density at radius 2 is 2.04 bits per heavy atom. The van der Waals surface area contributed by atoms with Gasteiger partial charge < -0.3 is 10.1 Å². The number of thiazole rings is 1. The van der Waals surface area contributed by atoms with Crippen LogP contribution in [0.3, 0.4) is 0 Å². The summed E-state index contributed by atoms with van der Waals surface area (Å²) in [7, 11) is 1.51. The molecule has 0 saturated carbocycles. The maximum atomic E-state index is 13.9. The second-order valence-electron chi connectivity index (χ2n) is 5.22. The number of hydrogen-bond acceptors (Lipinski definition) is 7. The van der Waals surface area contributed by atoms with E-state index in [4.69, 9.17) is 4.74 Å². The zero-order chi connectivity index (χ0) is 17.4. The molecule has 0 amide bonds. The zero-order valence-corrected chi connectivity index (χ0v) is 14.2. The number of rotatable bonds is 4.